The van der Waals surface area contributed by atoms with Gasteiger partial charge in [-0.05, 0) is 31.2 Å². The zero-order chi connectivity index (χ0) is 22.7. The third-order valence-corrected chi connectivity index (χ3v) is 5.82. The maximum Gasteiger partial charge on any atom is 0.262 e. The molecule has 4 rings (SSSR count). The van der Waals surface area contributed by atoms with Crippen LogP contribution in [0.4, 0.5) is 0 Å². The van der Waals surface area contributed by atoms with E-state index in [2.05, 4.69) is 15.1 Å². The van der Waals surface area contributed by atoms with Gasteiger partial charge in [-0.3, -0.25) is 9.36 Å². The molecule has 0 fully saturated rings. The Morgan fingerprint density at radius 1 is 1.03 bits per heavy atom. The van der Waals surface area contributed by atoms with Crippen molar-refractivity contribution in [3.63, 3.8) is 0 Å². The number of fused-ring (bicyclic) bond motifs is 1. The Hall–Kier alpha value is -3.53. The van der Waals surface area contributed by atoms with Crippen LogP contribution < -0.4 is 19.8 Å². The van der Waals surface area contributed by atoms with E-state index in [1.54, 1.807) is 44.1 Å². The molecule has 2 heterocycles. The van der Waals surface area contributed by atoms with E-state index in [4.69, 9.17) is 18.7 Å². The van der Waals surface area contributed by atoms with E-state index in [9.17, 15) is 4.79 Å². The minimum Gasteiger partial charge on any atom is -0.493 e. The standard InChI is InChI=1S/C22H22N4O5S/c1-5-26-21(27)14-8-6-7-9-15(14)23-22(26)32-12-18-24-20(25-31-18)13-10-16(28-2)19(30-4)17(11-13)29-3/h6-11H,5,12H2,1-4H3. The van der Waals surface area contributed by atoms with Gasteiger partial charge in [0, 0.05) is 12.1 Å². The number of thioether (sulfide) groups is 1. The summed E-state index contributed by atoms with van der Waals surface area (Å²) in [5, 5.41) is 5.27. The molecule has 166 valence electrons. The van der Waals surface area contributed by atoms with Crippen molar-refractivity contribution in [2.45, 2.75) is 24.4 Å². The van der Waals surface area contributed by atoms with Crippen molar-refractivity contribution in [1.29, 1.82) is 0 Å². The number of hydrogen-bond donors (Lipinski definition) is 0. The second-order valence-corrected chi connectivity index (χ2v) is 7.62. The van der Waals surface area contributed by atoms with Gasteiger partial charge in [-0.15, -0.1) is 0 Å². The summed E-state index contributed by atoms with van der Waals surface area (Å²) in [6.45, 7) is 2.43. The van der Waals surface area contributed by atoms with Crippen LogP contribution in [0, 0.1) is 0 Å². The van der Waals surface area contributed by atoms with Gasteiger partial charge in [0.1, 0.15) is 0 Å². The topological polar surface area (TPSA) is 102 Å². The highest BCUT2D eigenvalue weighted by Crippen LogP contribution is 2.40. The first-order chi connectivity index (χ1) is 15.6. The lowest BCUT2D eigenvalue weighted by Crippen LogP contribution is -2.22. The van der Waals surface area contributed by atoms with Crippen molar-refractivity contribution in [1.82, 2.24) is 19.7 Å². The highest BCUT2D eigenvalue weighted by molar-refractivity contribution is 7.98. The first-order valence-electron chi connectivity index (χ1n) is 9.84. The lowest BCUT2D eigenvalue weighted by molar-refractivity contribution is 0.324. The molecule has 10 heteroatoms. The first kappa shape index (κ1) is 21.7. The van der Waals surface area contributed by atoms with Crippen molar-refractivity contribution in [3.8, 4) is 28.6 Å². The fraction of sp³-hybridized carbons (Fsp3) is 0.273. The molecule has 0 aliphatic carbocycles. The predicted octanol–water partition coefficient (Wildman–Crippen LogP) is 3.78. The minimum atomic E-state index is -0.0655. The number of aromatic nitrogens is 4. The summed E-state index contributed by atoms with van der Waals surface area (Å²) in [4.78, 5) is 21.9. The maximum atomic E-state index is 12.8. The van der Waals surface area contributed by atoms with Crippen molar-refractivity contribution >= 4 is 22.7 Å². The van der Waals surface area contributed by atoms with Crippen LogP contribution in [0.3, 0.4) is 0 Å². The van der Waals surface area contributed by atoms with Gasteiger partial charge in [-0.1, -0.05) is 29.1 Å². The Labute approximate surface area is 188 Å². The van der Waals surface area contributed by atoms with Crippen LogP contribution in [-0.2, 0) is 12.3 Å². The highest BCUT2D eigenvalue weighted by atomic mass is 32.2. The summed E-state index contributed by atoms with van der Waals surface area (Å²) in [6, 6.07) is 10.8. The Bertz CT molecular complexity index is 1290. The van der Waals surface area contributed by atoms with Gasteiger partial charge in [0.2, 0.25) is 17.5 Å². The Balaban J connectivity index is 1.61. The maximum absolute atomic E-state index is 12.8. The molecule has 0 saturated carbocycles. The van der Waals surface area contributed by atoms with Crippen LogP contribution in [0.2, 0.25) is 0 Å². The van der Waals surface area contributed by atoms with Crippen LogP contribution in [0.1, 0.15) is 12.8 Å². The van der Waals surface area contributed by atoms with E-state index in [1.807, 2.05) is 25.1 Å². The number of para-hydroxylation sites is 1. The SMILES string of the molecule is CCn1c(SCc2nc(-c3cc(OC)c(OC)c(OC)c3)no2)nc2ccccc2c1=O. The molecule has 0 atom stereocenters. The van der Waals surface area contributed by atoms with Crippen molar-refractivity contribution < 1.29 is 18.7 Å². The highest BCUT2D eigenvalue weighted by Gasteiger charge is 2.18. The Kier molecular flexibility index (Phi) is 6.31. The van der Waals surface area contributed by atoms with Gasteiger partial charge >= 0.3 is 0 Å². The van der Waals surface area contributed by atoms with E-state index in [0.717, 1.165) is 0 Å². The number of rotatable bonds is 8. The van der Waals surface area contributed by atoms with Crippen LogP contribution >= 0.6 is 11.8 Å². The normalized spacial score (nSPS) is 11.0. The number of methoxy groups -OCH3 is 3. The molecular formula is C22H22N4O5S. The van der Waals surface area contributed by atoms with Crippen LogP contribution in [-0.4, -0.2) is 41.0 Å². The summed E-state index contributed by atoms with van der Waals surface area (Å²) in [7, 11) is 4.63. The Morgan fingerprint density at radius 2 is 1.75 bits per heavy atom. The van der Waals surface area contributed by atoms with Crippen LogP contribution in [0.25, 0.3) is 22.3 Å². The summed E-state index contributed by atoms with van der Waals surface area (Å²) >= 11 is 1.37. The number of benzene rings is 2. The molecule has 2 aromatic heterocycles. The van der Waals surface area contributed by atoms with Gasteiger partial charge in [0.25, 0.3) is 5.56 Å². The van der Waals surface area contributed by atoms with E-state index >= 15 is 0 Å². The summed E-state index contributed by atoms with van der Waals surface area (Å²) in [6.07, 6.45) is 0. The average Bonchev–Trinajstić information content (AvgIpc) is 3.31. The van der Waals surface area contributed by atoms with Crippen LogP contribution in [0.5, 0.6) is 17.2 Å². The molecular weight excluding hydrogens is 432 g/mol. The van der Waals surface area contributed by atoms with Crippen molar-refractivity contribution in [3.05, 3.63) is 52.6 Å². The first-order valence-corrected chi connectivity index (χ1v) is 10.8. The van der Waals surface area contributed by atoms with Gasteiger partial charge in [-0.25, -0.2) is 4.98 Å². The second kappa shape index (κ2) is 9.31. The summed E-state index contributed by atoms with van der Waals surface area (Å²) in [5.74, 6) is 2.63. The molecule has 0 N–H and O–H groups in total. The molecule has 9 nitrogen and oxygen atoms in total. The van der Waals surface area contributed by atoms with Crippen molar-refractivity contribution in [2.24, 2.45) is 0 Å². The lowest BCUT2D eigenvalue weighted by Gasteiger charge is -2.12. The molecule has 4 aromatic rings. The fourth-order valence-electron chi connectivity index (χ4n) is 3.30. The van der Waals surface area contributed by atoms with E-state index in [1.165, 1.54) is 11.8 Å². The lowest BCUT2D eigenvalue weighted by atomic mass is 10.1. The molecule has 0 unspecified atom stereocenters. The Morgan fingerprint density at radius 3 is 2.41 bits per heavy atom. The van der Waals surface area contributed by atoms with E-state index < -0.39 is 0 Å². The zero-order valence-corrected chi connectivity index (χ0v) is 18.9. The zero-order valence-electron chi connectivity index (χ0n) is 18.1. The predicted molar refractivity (Wildman–Crippen MR) is 121 cm³/mol. The van der Waals surface area contributed by atoms with Crippen LogP contribution in [0.15, 0.2) is 50.9 Å². The number of ether oxygens (including phenoxy) is 3. The second-order valence-electron chi connectivity index (χ2n) is 6.68. The molecule has 0 aliphatic heterocycles. The molecule has 2 aromatic carbocycles. The molecule has 0 aliphatic rings. The molecule has 32 heavy (non-hydrogen) atoms. The van der Waals surface area contributed by atoms with Gasteiger partial charge in [0.15, 0.2) is 16.7 Å². The molecule has 0 amide bonds. The smallest absolute Gasteiger partial charge is 0.262 e. The summed E-state index contributed by atoms with van der Waals surface area (Å²) < 4.78 is 23.2. The van der Waals surface area contributed by atoms with E-state index in [0.29, 0.717) is 62.9 Å². The third-order valence-electron chi connectivity index (χ3n) is 4.86. The molecule has 0 bridgehead atoms. The molecule has 0 saturated heterocycles. The van der Waals surface area contributed by atoms with E-state index in [-0.39, 0.29) is 5.56 Å². The third kappa shape index (κ3) is 4.01. The molecule has 0 spiro atoms. The summed E-state index contributed by atoms with van der Waals surface area (Å²) in [5.41, 5.74) is 1.26. The fourth-order valence-corrected chi connectivity index (χ4v) is 4.20. The van der Waals surface area contributed by atoms with Gasteiger partial charge in [0.05, 0.1) is 38.0 Å². The number of hydrogen-bond acceptors (Lipinski definition) is 9. The average molecular weight is 455 g/mol. The largest absolute Gasteiger partial charge is 0.493 e. The number of nitrogens with zero attached hydrogens (tertiary/aromatic N) is 4. The van der Waals surface area contributed by atoms with Gasteiger partial charge < -0.3 is 18.7 Å². The molecule has 0 radical (unpaired) electrons. The quantitative estimate of drug-likeness (QED) is 0.291. The van der Waals surface area contributed by atoms with Gasteiger partial charge in [-0.2, -0.15) is 4.98 Å². The monoisotopic (exact) mass is 454 g/mol. The minimum absolute atomic E-state index is 0.0655. The van der Waals surface area contributed by atoms with Crippen molar-refractivity contribution in [2.75, 3.05) is 21.3 Å².